The molecule has 0 amide bonds. The minimum Gasteiger partial charge on any atom is -0.374 e. The molecular weight excluding hydrogens is 346 g/mol. The van der Waals surface area contributed by atoms with Crippen LogP contribution in [0.1, 0.15) is 73.6 Å². The zero-order chi connectivity index (χ0) is 19.7. The van der Waals surface area contributed by atoms with E-state index in [1.165, 1.54) is 25.7 Å². The van der Waals surface area contributed by atoms with Gasteiger partial charge in [-0.3, -0.25) is 4.90 Å². The summed E-state index contributed by atoms with van der Waals surface area (Å²) in [5.74, 6) is 0. The van der Waals surface area contributed by atoms with Crippen LogP contribution in [0.3, 0.4) is 0 Å². The molecule has 26 heavy (non-hydrogen) atoms. The number of rotatable bonds is 19. The van der Waals surface area contributed by atoms with Crippen LogP contribution in [0.5, 0.6) is 0 Å². The van der Waals surface area contributed by atoms with Crippen molar-refractivity contribution in [2.75, 3.05) is 39.5 Å². The zero-order valence-corrected chi connectivity index (χ0v) is 19.2. The maximum atomic E-state index is 6.20. The maximum absolute atomic E-state index is 6.20. The Hall–Kier alpha value is 0.0169. The summed E-state index contributed by atoms with van der Waals surface area (Å²) in [5, 5.41) is 0. The second-order valence-electron chi connectivity index (χ2n) is 6.42. The third-order valence-electron chi connectivity index (χ3n) is 4.25. The first-order valence-corrected chi connectivity index (χ1v) is 12.6. The molecule has 0 fully saturated rings. The van der Waals surface area contributed by atoms with Gasteiger partial charge in [0.1, 0.15) is 6.23 Å². The highest BCUT2D eigenvalue weighted by molar-refractivity contribution is 6.60. The average molecular weight is 391 g/mol. The normalized spacial score (nSPS) is 13.5. The van der Waals surface area contributed by atoms with Crippen LogP contribution in [0.2, 0.25) is 6.04 Å². The molecule has 157 valence electrons. The molecule has 0 rings (SSSR count). The monoisotopic (exact) mass is 390 g/mol. The van der Waals surface area contributed by atoms with Crippen LogP contribution >= 0.6 is 0 Å². The van der Waals surface area contributed by atoms with Crippen molar-refractivity contribution in [1.29, 1.82) is 0 Å². The van der Waals surface area contributed by atoms with Gasteiger partial charge in [0.15, 0.2) is 0 Å². The van der Waals surface area contributed by atoms with E-state index < -0.39 is 8.80 Å². The topological polar surface area (TPSA) is 40.2 Å². The van der Waals surface area contributed by atoms with Gasteiger partial charge in [-0.2, -0.15) is 0 Å². The smallest absolute Gasteiger partial charge is 0.374 e. The second kappa shape index (κ2) is 17.1. The van der Waals surface area contributed by atoms with Gasteiger partial charge in [0.25, 0.3) is 0 Å². The number of ether oxygens (including phenoxy) is 1. The van der Waals surface area contributed by atoms with Crippen molar-refractivity contribution in [3.8, 4) is 0 Å². The fraction of sp³-hybridized carbons (Fsp3) is 0.950. The van der Waals surface area contributed by atoms with E-state index in [0.717, 1.165) is 25.6 Å². The Morgan fingerprint density at radius 1 is 0.808 bits per heavy atom. The molecule has 1 atom stereocenters. The van der Waals surface area contributed by atoms with E-state index in [1.807, 2.05) is 20.8 Å². The molecule has 6 heteroatoms. The van der Waals surface area contributed by atoms with Gasteiger partial charge in [-0.25, -0.2) is 0 Å². The summed E-state index contributed by atoms with van der Waals surface area (Å²) in [4.78, 5) is 2.46. The largest absolute Gasteiger partial charge is 0.501 e. The Kier molecular flexibility index (Phi) is 17.1. The van der Waals surface area contributed by atoms with E-state index in [0.29, 0.717) is 26.4 Å². The van der Waals surface area contributed by atoms with Crippen LogP contribution in [0, 0.1) is 6.42 Å². The van der Waals surface area contributed by atoms with Crippen molar-refractivity contribution >= 4 is 8.80 Å². The molecule has 0 spiro atoms. The quantitative estimate of drug-likeness (QED) is 0.178. The van der Waals surface area contributed by atoms with Crippen molar-refractivity contribution in [2.24, 2.45) is 0 Å². The number of nitrogens with zero attached hydrogens (tertiary/aromatic N) is 1. The summed E-state index contributed by atoms with van der Waals surface area (Å²) in [6, 6.07) is 0.808. The SMILES string of the molecule is C[CH]C(OCCC[Si](OCC)(OCC)OCC)N(CCCC)CCCC. The molecule has 0 aromatic rings. The first kappa shape index (κ1) is 26.0. The van der Waals surface area contributed by atoms with E-state index in [-0.39, 0.29) is 6.23 Å². The predicted molar refractivity (Wildman–Crippen MR) is 111 cm³/mol. The lowest BCUT2D eigenvalue weighted by Gasteiger charge is -2.32. The molecule has 0 N–H and O–H groups in total. The van der Waals surface area contributed by atoms with E-state index in [4.69, 9.17) is 18.0 Å². The molecular formula is C20H44NO4Si. The van der Waals surface area contributed by atoms with Crippen molar-refractivity contribution in [3.63, 3.8) is 0 Å². The Morgan fingerprint density at radius 2 is 1.31 bits per heavy atom. The van der Waals surface area contributed by atoms with E-state index in [1.54, 1.807) is 0 Å². The lowest BCUT2D eigenvalue weighted by molar-refractivity contribution is -0.0403. The average Bonchev–Trinajstić information content (AvgIpc) is 2.63. The molecule has 0 aliphatic carbocycles. The Bertz CT molecular complexity index is 283. The lowest BCUT2D eigenvalue weighted by atomic mass is 10.2. The molecule has 5 nitrogen and oxygen atoms in total. The van der Waals surface area contributed by atoms with Crippen molar-refractivity contribution in [2.45, 2.75) is 85.9 Å². The lowest BCUT2D eigenvalue weighted by Crippen LogP contribution is -2.46. The van der Waals surface area contributed by atoms with Crippen LogP contribution in [-0.2, 0) is 18.0 Å². The first-order valence-electron chi connectivity index (χ1n) is 10.7. The molecule has 0 bridgehead atoms. The van der Waals surface area contributed by atoms with Gasteiger partial charge >= 0.3 is 8.80 Å². The highest BCUT2D eigenvalue weighted by Gasteiger charge is 2.39. The van der Waals surface area contributed by atoms with Gasteiger partial charge in [0.05, 0.1) is 0 Å². The van der Waals surface area contributed by atoms with Crippen molar-refractivity contribution in [3.05, 3.63) is 6.42 Å². The molecule has 0 heterocycles. The Labute approximate surface area is 164 Å². The second-order valence-corrected chi connectivity index (χ2v) is 9.16. The fourth-order valence-corrected chi connectivity index (χ4v) is 5.57. The molecule has 0 aliphatic rings. The number of hydrogen-bond donors (Lipinski definition) is 0. The molecule has 0 saturated carbocycles. The predicted octanol–water partition coefficient (Wildman–Crippen LogP) is 4.89. The van der Waals surface area contributed by atoms with Crippen LogP contribution in [0.4, 0.5) is 0 Å². The molecule has 0 aromatic heterocycles. The van der Waals surface area contributed by atoms with E-state index >= 15 is 0 Å². The Balaban J connectivity index is 4.54. The summed E-state index contributed by atoms with van der Waals surface area (Å²) < 4.78 is 24.0. The third-order valence-corrected chi connectivity index (χ3v) is 7.40. The summed E-state index contributed by atoms with van der Waals surface area (Å²) >= 11 is 0. The van der Waals surface area contributed by atoms with Crippen LogP contribution in [0.15, 0.2) is 0 Å². The van der Waals surface area contributed by atoms with Gasteiger partial charge in [-0.1, -0.05) is 33.6 Å². The van der Waals surface area contributed by atoms with Crippen molar-refractivity contribution in [1.82, 2.24) is 4.90 Å². The third kappa shape index (κ3) is 11.0. The van der Waals surface area contributed by atoms with E-state index in [9.17, 15) is 0 Å². The minimum atomic E-state index is -2.55. The van der Waals surface area contributed by atoms with Gasteiger partial charge < -0.3 is 18.0 Å². The number of hydrogen-bond acceptors (Lipinski definition) is 5. The summed E-state index contributed by atoms with van der Waals surface area (Å²) in [7, 11) is -2.55. The molecule has 0 aromatic carbocycles. The highest BCUT2D eigenvalue weighted by atomic mass is 28.4. The molecule has 0 saturated heterocycles. The number of unbranched alkanes of at least 4 members (excludes halogenated alkanes) is 2. The van der Waals surface area contributed by atoms with Crippen LogP contribution in [-0.4, -0.2) is 59.4 Å². The van der Waals surface area contributed by atoms with Gasteiger partial charge in [0.2, 0.25) is 0 Å². The maximum Gasteiger partial charge on any atom is 0.501 e. The molecule has 0 aliphatic heterocycles. The highest BCUT2D eigenvalue weighted by Crippen LogP contribution is 2.19. The standard InChI is InChI=1S/C20H44NO4Si/c1-7-13-16-21(17-14-8-2)20(9-3)22-18-15-19-26(23-10-4,24-11-5)25-12-6/h9,20H,7-8,10-19H2,1-6H3. The van der Waals surface area contributed by atoms with E-state index in [2.05, 4.69) is 32.1 Å². The summed E-state index contributed by atoms with van der Waals surface area (Å²) in [5.41, 5.74) is 0. The van der Waals surface area contributed by atoms with Crippen molar-refractivity contribution < 1.29 is 18.0 Å². The Morgan fingerprint density at radius 3 is 1.69 bits per heavy atom. The summed E-state index contributed by atoms with van der Waals surface area (Å²) in [6.07, 6.45) is 8.01. The fourth-order valence-electron chi connectivity index (χ4n) is 3.00. The van der Waals surface area contributed by atoms with Gasteiger partial charge in [-0.05, 0) is 40.0 Å². The molecule has 1 unspecified atom stereocenters. The van der Waals surface area contributed by atoms with Gasteiger partial charge in [0, 0.05) is 52.0 Å². The minimum absolute atomic E-state index is 0.0930. The van der Waals surface area contributed by atoms with Crippen LogP contribution < -0.4 is 0 Å². The first-order chi connectivity index (χ1) is 12.6. The zero-order valence-electron chi connectivity index (χ0n) is 18.2. The molecule has 1 radical (unpaired) electrons. The van der Waals surface area contributed by atoms with Gasteiger partial charge in [-0.15, -0.1) is 0 Å². The van der Waals surface area contributed by atoms with Crippen LogP contribution in [0.25, 0.3) is 0 Å². The summed E-state index contributed by atoms with van der Waals surface area (Å²) in [6.45, 7) is 17.3.